The number of ether oxygens (including phenoxy) is 1. The van der Waals surface area contributed by atoms with Crippen LogP contribution >= 0.6 is 0 Å². The normalized spacial score (nSPS) is 19.5. The molecule has 1 aliphatic rings. The van der Waals surface area contributed by atoms with Crippen LogP contribution in [0.1, 0.15) is 32.8 Å². The minimum Gasteiger partial charge on any atom is -0.480 e. The van der Waals surface area contributed by atoms with Gasteiger partial charge in [-0.3, -0.25) is 4.90 Å². The number of hydrogen-bond donors (Lipinski definition) is 1. The van der Waals surface area contributed by atoms with Crippen molar-refractivity contribution in [2.75, 3.05) is 6.54 Å². The van der Waals surface area contributed by atoms with Crippen LogP contribution in [0.15, 0.2) is 54.6 Å². The molecule has 1 amide bonds. The van der Waals surface area contributed by atoms with Crippen molar-refractivity contribution < 1.29 is 19.4 Å². The average Bonchev–Trinajstić information content (AvgIpc) is 3.06. The Morgan fingerprint density at radius 2 is 1.71 bits per heavy atom. The molecule has 5 heteroatoms. The van der Waals surface area contributed by atoms with E-state index in [1.54, 1.807) is 20.8 Å². The number of hydrogen-bond acceptors (Lipinski definition) is 3. The molecule has 1 heterocycles. The molecule has 0 radical (unpaired) electrons. The first-order valence-electron chi connectivity index (χ1n) is 9.60. The second-order valence-electron chi connectivity index (χ2n) is 8.32. The SMILES string of the molecule is CC(C)(C)OC(=O)N1C[C@@H](Cc2ccccc2-c2ccccc2)C[C@@H]1C(=O)O. The molecule has 0 aromatic heterocycles. The fourth-order valence-corrected chi connectivity index (χ4v) is 3.74. The minimum absolute atomic E-state index is 0.0680. The molecule has 1 aliphatic heterocycles. The van der Waals surface area contributed by atoms with E-state index in [0.29, 0.717) is 19.4 Å². The Kier molecular flexibility index (Phi) is 5.73. The van der Waals surface area contributed by atoms with Crippen molar-refractivity contribution in [1.82, 2.24) is 4.90 Å². The van der Waals surface area contributed by atoms with Gasteiger partial charge in [-0.15, -0.1) is 0 Å². The Labute approximate surface area is 165 Å². The van der Waals surface area contributed by atoms with Gasteiger partial charge in [0.15, 0.2) is 0 Å². The Morgan fingerprint density at radius 3 is 2.36 bits per heavy atom. The summed E-state index contributed by atoms with van der Waals surface area (Å²) in [5.41, 5.74) is 2.78. The smallest absolute Gasteiger partial charge is 0.411 e. The Balaban J connectivity index is 1.79. The van der Waals surface area contributed by atoms with Crippen LogP contribution in [-0.4, -0.2) is 40.3 Å². The zero-order chi connectivity index (χ0) is 20.3. The third kappa shape index (κ3) is 4.71. The summed E-state index contributed by atoms with van der Waals surface area (Å²) in [7, 11) is 0. The molecule has 0 saturated carbocycles. The van der Waals surface area contributed by atoms with Crippen LogP contribution in [0.3, 0.4) is 0 Å². The molecule has 148 valence electrons. The number of carbonyl (C=O) groups excluding carboxylic acids is 1. The molecule has 1 N–H and O–H groups in total. The van der Waals surface area contributed by atoms with E-state index in [1.165, 1.54) is 4.90 Å². The summed E-state index contributed by atoms with van der Waals surface area (Å²) in [5, 5.41) is 9.60. The van der Waals surface area contributed by atoms with Crippen molar-refractivity contribution in [3.8, 4) is 11.1 Å². The standard InChI is InChI=1S/C23H27NO4/c1-23(2,3)28-22(27)24-15-16(14-20(24)21(25)26)13-18-11-7-8-12-19(18)17-9-5-4-6-10-17/h4-12,16,20H,13-15H2,1-3H3,(H,25,26)/t16-,20+/m0/s1. The van der Waals surface area contributed by atoms with Gasteiger partial charge in [0.1, 0.15) is 11.6 Å². The van der Waals surface area contributed by atoms with E-state index < -0.39 is 23.7 Å². The summed E-state index contributed by atoms with van der Waals surface area (Å²) in [4.78, 5) is 25.6. The largest absolute Gasteiger partial charge is 0.480 e. The fraction of sp³-hybridized carbons (Fsp3) is 0.391. The van der Waals surface area contributed by atoms with E-state index in [-0.39, 0.29) is 5.92 Å². The van der Waals surface area contributed by atoms with Crippen LogP contribution in [-0.2, 0) is 16.0 Å². The lowest BCUT2D eigenvalue weighted by molar-refractivity contribution is -0.142. The quantitative estimate of drug-likeness (QED) is 0.840. The van der Waals surface area contributed by atoms with Gasteiger partial charge in [-0.2, -0.15) is 0 Å². The van der Waals surface area contributed by atoms with Crippen molar-refractivity contribution >= 4 is 12.1 Å². The van der Waals surface area contributed by atoms with Crippen LogP contribution in [0.5, 0.6) is 0 Å². The van der Waals surface area contributed by atoms with Gasteiger partial charge >= 0.3 is 12.1 Å². The summed E-state index contributed by atoms with van der Waals surface area (Å²) in [6.07, 6.45) is 0.588. The molecule has 28 heavy (non-hydrogen) atoms. The number of carbonyl (C=O) groups is 2. The maximum atomic E-state index is 12.5. The van der Waals surface area contributed by atoms with Gasteiger partial charge in [0, 0.05) is 6.54 Å². The van der Waals surface area contributed by atoms with Crippen molar-refractivity contribution in [3.05, 3.63) is 60.2 Å². The number of nitrogens with zero attached hydrogens (tertiary/aromatic N) is 1. The highest BCUT2D eigenvalue weighted by molar-refractivity contribution is 5.81. The van der Waals surface area contributed by atoms with Crippen LogP contribution in [0, 0.1) is 5.92 Å². The summed E-state index contributed by atoms with van der Waals surface area (Å²) in [6.45, 7) is 5.73. The number of amides is 1. The molecular weight excluding hydrogens is 354 g/mol. The number of likely N-dealkylation sites (tertiary alicyclic amines) is 1. The van der Waals surface area contributed by atoms with Gasteiger partial charge in [0.05, 0.1) is 0 Å². The van der Waals surface area contributed by atoms with Gasteiger partial charge in [-0.1, -0.05) is 54.6 Å². The summed E-state index contributed by atoms with van der Waals surface area (Å²) in [6, 6.07) is 17.5. The first-order chi connectivity index (χ1) is 13.2. The lowest BCUT2D eigenvalue weighted by Gasteiger charge is -2.26. The van der Waals surface area contributed by atoms with Gasteiger partial charge < -0.3 is 9.84 Å². The molecule has 0 aliphatic carbocycles. The number of rotatable bonds is 4. The number of carboxylic acid groups (broad SMARTS) is 1. The van der Waals surface area contributed by atoms with Crippen LogP contribution in [0.2, 0.25) is 0 Å². The molecule has 5 nitrogen and oxygen atoms in total. The van der Waals surface area contributed by atoms with Crippen molar-refractivity contribution in [1.29, 1.82) is 0 Å². The Bertz CT molecular complexity index is 841. The number of carboxylic acids is 1. The summed E-state index contributed by atoms with van der Waals surface area (Å²) in [5.74, 6) is -0.914. The van der Waals surface area contributed by atoms with E-state index >= 15 is 0 Å². The van der Waals surface area contributed by atoms with E-state index in [0.717, 1.165) is 16.7 Å². The molecule has 2 aromatic carbocycles. The predicted octanol–water partition coefficient (Wildman–Crippen LogP) is 4.61. The lowest BCUT2D eigenvalue weighted by Crippen LogP contribution is -2.43. The van der Waals surface area contributed by atoms with E-state index in [4.69, 9.17) is 4.74 Å². The highest BCUT2D eigenvalue weighted by atomic mass is 16.6. The number of aliphatic carboxylic acids is 1. The zero-order valence-corrected chi connectivity index (χ0v) is 16.6. The maximum absolute atomic E-state index is 12.5. The van der Waals surface area contributed by atoms with Crippen LogP contribution < -0.4 is 0 Å². The second kappa shape index (κ2) is 8.05. The molecule has 0 unspecified atom stereocenters. The fourth-order valence-electron chi connectivity index (χ4n) is 3.74. The van der Waals surface area contributed by atoms with Crippen molar-refractivity contribution in [2.24, 2.45) is 5.92 Å². The Hall–Kier alpha value is -2.82. The van der Waals surface area contributed by atoms with Crippen LogP contribution in [0.4, 0.5) is 4.79 Å². The van der Waals surface area contributed by atoms with Gasteiger partial charge in [-0.05, 0) is 56.2 Å². The minimum atomic E-state index is -0.982. The molecule has 2 aromatic rings. The second-order valence-corrected chi connectivity index (χ2v) is 8.32. The summed E-state index contributed by atoms with van der Waals surface area (Å²) < 4.78 is 5.42. The first-order valence-corrected chi connectivity index (χ1v) is 9.60. The Morgan fingerprint density at radius 1 is 1.07 bits per heavy atom. The average molecular weight is 381 g/mol. The van der Waals surface area contributed by atoms with Gasteiger partial charge in [-0.25, -0.2) is 9.59 Å². The van der Waals surface area contributed by atoms with E-state index in [1.807, 2.05) is 30.3 Å². The van der Waals surface area contributed by atoms with Crippen molar-refractivity contribution in [2.45, 2.75) is 45.3 Å². The van der Waals surface area contributed by atoms with E-state index in [2.05, 4.69) is 24.3 Å². The van der Waals surface area contributed by atoms with E-state index in [9.17, 15) is 14.7 Å². The predicted molar refractivity (Wildman–Crippen MR) is 108 cm³/mol. The van der Waals surface area contributed by atoms with Crippen LogP contribution in [0.25, 0.3) is 11.1 Å². The lowest BCUT2D eigenvalue weighted by atomic mass is 9.91. The molecule has 0 spiro atoms. The monoisotopic (exact) mass is 381 g/mol. The van der Waals surface area contributed by atoms with Gasteiger partial charge in [0.25, 0.3) is 0 Å². The number of benzene rings is 2. The molecule has 0 bridgehead atoms. The third-order valence-electron chi connectivity index (χ3n) is 4.91. The topological polar surface area (TPSA) is 66.8 Å². The molecule has 2 atom stereocenters. The van der Waals surface area contributed by atoms with Gasteiger partial charge in [0.2, 0.25) is 0 Å². The third-order valence-corrected chi connectivity index (χ3v) is 4.91. The highest BCUT2D eigenvalue weighted by Gasteiger charge is 2.41. The first kappa shape index (κ1) is 19.9. The highest BCUT2D eigenvalue weighted by Crippen LogP contribution is 2.32. The molecule has 1 saturated heterocycles. The summed E-state index contributed by atoms with van der Waals surface area (Å²) >= 11 is 0. The van der Waals surface area contributed by atoms with Crippen molar-refractivity contribution in [3.63, 3.8) is 0 Å². The zero-order valence-electron chi connectivity index (χ0n) is 16.6. The molecular formula is C23H27NO4. The maximum Gasteiger partial charge on any atom is 0.411 e. The molecule has 3 rings (SSSR count). The molecule has 1 fully saturated rings.